The first-order valence-electron chi connectivity index (χ1n) is 7.96. The molecule has 2 aromatic rings. The Morgan fingerprint density at radius 2 is 1.60 bits per heavy atom. The van der Waals surface area contributed by atoms with Gasteiger partial charge in [-0.2, -0.15) is 0 Å². The fraction of sp³-hybridized carbons (Fsp3) is 0.263. The van der Waals surface area contributed by atoms with Crippen LogP contribution in [0, 0.1) is 0 Å². The third-order valence-electron chi connectivity index (χ3n) is 3.65. The Labute approximate surface area is 147 Å². The molecule has 6 heteroatoms. The lowest BCUT2D eigenvalue weighted by Crippen LogP contribution is -2.21. The molecule has 6 nitrogen and oxygen atoms in total. The molecule has 0 saturated carbocycles. The first-order valence-corrected chi connectivity index (χ1v) is 7.96. The van der Waals surface area contributed by atoms with E-state index in [0.29, 0.717) is 22.9 Å². The van der Waals surface area contributed by atoms with Gasteiger partial charge in [0, 0.05) is 11.8 Å². The summed E-state index contributed by atoms with van der Waals surface area (Å²) in [6.45, 7) is 2.06. The van der Waals surface area contributed by atoms with Crippen LogP contribution in [0.4, 0.5) is 11.4 Å². The average molecular weight is 342 g/mol. The Morgan fingerprint density at radius 1 is 0.920 bits per heavy atom. The predicted molar refractivity (Wildman–Crippen MR) is 97.2 cm³/mol. The zero-order valence-corrected chi connectivity index (χ0v) is 14.6. The maximum Gasteiger partial charge on any atom is 0.233 e. The molecule has 0 aliphatic carbocycles. The maximum absolute atomic E-state index is 12.1. The van der Waals surface area contributed by atoms with E-state index in [4.69, 9.17) is 9.47 Å². The van der Waals surface area contributed by atoms with E-state index < -0.39 is 5.91 Å². The minimum Gasteiger partial charge on any atom is -0.497 e. The van der Waals surface area contributed by atoms with Gasteiger partial charge in [0.25, 0.3) is 0 Å². The Kier molecular flexibility index (Phi) is 6.39. The zero-order chi connectivity index (χ0) is 18.2. The van der Waals surface area contributed by atoms with Gasteiger partial charge in [-0.05, 0) is 36.2 Å². The molecular formula is C19H22N2O4. The van der Waals surface area contributed by atoms with Crippen molar-refractivity contribution in [2.75, 3.05) is 24.9 Å². The number of ether oxygens (including phenoxy) is 2. The molecule has 0 bridgehead atoms. The van der Waals surface area contributed by atoms with Crippen molar-refractivity contribution in [3.63, 3.8) is 0 Å². The third kappa shape index (κ3) is 5.24. The molecule has 0 aliphatic heterocycles. The number of carbonyl (C=O) groups is 2. The molecule has 0 heterocycles. The molecule has 2 aromatic carbocycles. The SMILES string of the molecule is CCc1ccc(NC(=O)CC(=O)Nc2ccc(OC)cc2OC)cc1. The van der Waals surface area contributed by atoms with E-state index in [0.717, 1.165) is 6.42 Å². The number of methoxy groups -OCH3 is 2. The van der Waals surface area contributed by atoms with Crippen molar-refractivity contribution in [3.8, 4) is 11.5 Å². The normalized spacial score (nSPS) is 10.0. The molecule has 0 fully saturated rings. The summed E-state index contributed by atoms with van der Waals surface area (Å²) in [4.78, 5) is 24.1. The van der Waals surface area contributed by atoms with Gasteiger partial charge in [-0.15, -0.1) is 0 Å². The summed E-state index contributed by atoms with van der Waals surface area (Å²) in [6, 6.07) is 12.5. The van der Waals surface area contributed by atoms with Crippen LogP contribution in [-0.4, -0.2) is 26.0 Å². The van der Waals surface area contributed by atoms with Gasteiger partial charge in [0.15, 0.2) is 0 Å². The highest BCUT2D eigenvalue weighted by atomic mass is 16.5. The summed E-state index contributed by atoms with van der Waals surface area (Å²) >= 11 is 0. The minimum atomic E-state index is -0.425. The van der Waals surface area contributed by atoms with E-state index in [2.05, 4.69) is 17.6 Å². The molecule has 2 N–H and O–H groups in total. The number of rotatable bonds is 7. The number of anilines is 2. The molecule has 132 valence electrons. The third-order valence-corrected chi connectivity index (χ3v) is 3.65. The first kappa shape index (κ1) is 18.3. The van der Waals surface area contributed by atoms with E-state index >= 15 is 0 Å². The van der Waals surface area contributed by atoms with Gasteiger partial charge in [-0.1, -0.05) is 19.1 Å². The van der Waals surface area contributed by atoms with Crippen molar-refractivity contribution < 1.29 is 19.1 Å². The smallest absolute Gasteiger partial charge is 0.233 e. The molecule has 0 spiro atoms. The Morgan fingerprint density at radius 3 is 2.20 bits per heavy atom. The summed E-state index contributed by atoms with van der Waals surface area (Å²) in [5, 5.41) is 5.37. The van der Waals surface area contributed by atoms with E-state index in [9.17, 15) is 9.59 Å². The first-order chi connectivity index (χ1) is 12.0. The molecule has 2 rings (SSSR count). The highest BCUT2D eigenvalue weighted by molar-refractivity contribution is 6.08. The average Bonchev–Trinajstić information content (AvgIpc) is 2.62. The predicted octanol–water partition coefficient (Wildman–Crippen LogP) is 3.23. The van der Waals surface area contributed by atoms with Crippen LogP contribution < -0.4 is 20.1 Å². The largest absolute Gasteiger partial charge is 0.497 e. The van der Waals surface area contributed by atoms with Crippen molar-refractivity contribution >= 4 is 23.2 Å². The molecule has 2 amide bonds. The van der Waals surface area contributed by atoms with Crippen LogP contribution >= 0.6 is 0 Å². The molecule has 0 unspecified atom stereocenters. The molecule has 0 aromatic heterocycles. The number of nitrogens with one attached hydrogen (secondary N) is 2. The number of benzene rings is 2. The summed E-state index contributed by atoms with van der Waals surface area (Å²) in [5.41, 5.74) is 2.33. The van der Waals surface area contributed by atoms with Crippen LogP contribution in [0.25, 0.3) is 0 Å². The Balaban J connectivity index is 1.93. The van der Waals surface area contributed by atoms with Crippen LogP contribution in [0.3, 0.4) is 0 Å². The fourth-order valence-corrected chi connectivity index (χ4v) is 2.27. The minimum absolute atomic E-state index is 0.287. The van der Waals surface area contributed by atoms with E-state index in [-0.39, 0.29) is 12.3 Å². The lowest BCUT2D eigenvalue weighted by atomic mass is 10.1. The second-order valence-electron chi connectivity index (χ2n) is 5.39. The topological polar surface area (TPSA) is 76.7 Å². The van der Waals surface area contributed by atoms with Gasteiger partial charge < -0.3 is 20.1 Å². The van der Waals surface area contributed by atoms with Crippen LogP contribution in [0.2, 0.25) is 0 Å². The van der Waals surface area contributed by atoms with Crippen LogP contribution in [0.5, 0.6) is 11.5 Å². The van der Waals surface area contributed by atoms with Crippen molar-refractivity contribution in [3.05, 3.63) is 48.0 Å². The van der Waals surface area contributed by atoms with Gasteiger partial charge in [0.05, 0.1) is 19.9 Å². The van der Waals surface area contributed by atoms with Crippen LogP contribution in [-0.2, 0) is 16.0 Å². The summed E-state index contributed by atoms with van der Waals surface area (Å²) in [7, 11) is 3.04. The molecule has 0 saturated heterocycles. The number of hydrogen-bond acceptors (Lipinski definition) is 4. The Bertz CT molecular complexity index is 742. The molecule has 0 aliphatic rings. The second-order valence-corrected chi connectivity index (χ2v) is 5.39. The number of carbonyl (C=O) groups excluding carboxylic acids is 2. The lowest BCUT2D eigenvalue weighted by Gasteiger charge is -2.11. The monoisotopic (exact) mass is 342 g/mol. The summed E-state index contributed by atoms with van der Waals surface area (Å²) < 4.78 is 10.3. The van der Waals surface area contributed by atoms with E-state index in [1.165, 1.54) is 12.7 Å². The quantitative estimate of drug-likeness (QED) is 0.758. The highest BCUT2D eigenvalue weighted by Gasteiger charge is 2.13. The van der Waals surface area contributed by atoms with Crippen molar-refractivity contribution in [1.82, 2.24) is 0 Å². The number of amides is 2. The van der Waals surface area contributed by atoms with Gasteiger partial charge in [0.2, 0.25) is 11.8 Å². The lowest BCUT2D eigenvalue weighted by molar-refractivity contribution is -0.123. The molecule has 25 heavy (non-hydrogen) atoms. The molecular weight excluding hydrogens is 320 g/mol. The molecule has 0 atom stereocenters. The maximum atomic E-state index is 12.1. The van der Waals surface area contributed by atoms with Crippen molar-refractivity contribution in [2.24, 2.45) is 0 Å². The number of hydrogen-bond donors (Lipinski definition) is 2. The molecule has 0 radical (unpaired) electrons. The van der Waals surface area contributed by atoms with Gasteiger partial charge >= 0.3 is 0 Å². The fourth-order valence-electron chi connectivity index (χ4n) is 2.27. The van der Waals surface area contributed by atoms with E-state index in [1.54, 1.807) is 25.3 Å². The second kappa shape index (κ2) is 8.73. The highest BCUT2D eigenvalue weighted by Crippen LogP contribution is 2.29. The van der Waals surface area contributed by atoms with E-state index in [1.807, 2.05) is 24.3 Å². The van der Waals surface area contributed by atoms with Crippen LogP contribution in [0.1, 0.15) is 18.9 Å². The van der Waals surface area contributed by atoms with Gasteiger partial charge in [0.1, 0.15) is 17.9 Å². The van der Waals surface area contributed by atoms with Gasteiger partial charge in [-0.3, -0.25) is 9.59 Å². The van der Waals surface area contributed by atoms with Crippen molar-refractivity contribution in [2.45, 2.75) is 19.8 Å². The number of aryl methyl sites for hydroxylation is 1. The van der Waals surface area contributed by atoms with Gasteiger partial charge in [-0.25, -0.2) is 0 Å². The standard InChI is InChI=1S/C19H22N2O4/c1-4-13-5-7-14(8-6-13)20-18(22)12-19(23)21-16-10-9-15(24-2)11-17(16)25-3/h5-11H,4,12H2,1-3H3,(H,20,22)(H,21,23). The zero-order valence-electron chi connectivity index (χ0n) is 14.6. The summed E-state index contributed by atoms with van der Waals surface area (Å²) in [6.07, 6.45) is 0.644. The summed E-state index contributed by atoms with van der Waals surface area (Å²) in [5.74, 6) is 0.270. The Hall–Kier alpha value is -3.02. The van der Waals surface area contributed by atoms with Crippen LogP contribution in [0.15, 0.2) is 42.5 Å². The van der Waals surface area contributed by atoms with Crippen molar-refractivity contribution in [1.29, 1.82) is 0 Å².